The summed E-state index contributed by atoms with van der Waals surface area (Å²) in [5, 5.41) is 9.20. The number of fused-ring (bicyclic) bond motifs is 1. The van der Waals surface area contributed by atoms with Crippen LogP contribution in [0.5, 0.6) is 0 Å². The molecule has 0 aliphatic rings. The SMILES string of the molecule is CCN(CCCS(=O)(=O)[O-])c1ccc(N=Nc2nc3ccccc3s2)c(C)c1.[Na+]. The van der Waals surface area contributed by atoms with Crippen molar-refractivity contribution in [2.45, 2.75) is 20.3 Å². The fourth-order valence-electron chi connectivity index (χ4n) is 2.85. The molecule has 148 valence electrons. The van der Waals surface area contributed by atoms with Gasteiger partial charge in [-0.3, -0.25) is 0 Å². The standard InChI is InChI=1S/C19H22N4O3S2.Na/c1-3-23(11-6-12-28(24,25)26)15-9-10-16(14(2)13-15)21-22-19-20-17-7-4-5-8-18(17)27-19;/h4-5,7-10,13H,3,6,11-12H2,1-2H3,(H,24,25,26);/q;+1/p-1. The fraction of sp³-hybridized carbons (Fsp3) is 0.316. The summed E-state index contributed by atoms with van der Waals surface area (Å²) in [7, 11) is -4.18. The number of anilines is 1. The summed E-state index contributed by atoms with van der Waals surface area (Å²) in [4.78, 5) is 6.48. The smallest absolute Gasteiger partial charge is 0.748 e. The number of rotatable bonds is 8. The van der Waals surface area contributed by atoms with E-state index in [0.29, 0.717) is 24.6 Å². The van der Waals surface area contributed by atoms with Crippen molar-refractivity contribution in [3.05, 3.63) is 48.0 Å². The molecule has 0 fully saturated rings. The molecule has 0 saturated heterocycles. The molecule has 0 unspecified atom stereocenters. The summed E-state index contributed by atoms with van der Waals surface area (Å²) in [5.41, 5.74) is 3.58. The van der Waals surface area contributed by atoms with Gasteiger partial charge in [-0.25, -0.2) is 13.4 Å². The van der Waals surface area contributed by atoms with Crippen molar-refractivity contribution in [1.82, 2.24) is 4.98 Å². The Morgan fingerprint density at radius 1 is 1.17 bits per heavy atom. The Hall–Kier alpha value is -1.36. The molecule has 0 N–H and O–H groups in total. The molecule has 2 aromatic carbocycles. The van der Waals surface area contributed by atoms with Gasteiger partial charge in [-0.1, -0.05) is 23.5 Å². The van der Waals surface area contributed by atoms with E-state index in [-0.39, 0.29) is 35.3 Å². The van der Waals surface area contributed by atoms with Gasteiger partial charge in [-0.15, -0.1) is 10.2 Å². The van der Waals surface area contributed by atoms with E-state index in [9.17, 15) is 13.0 Å². The van der Waals surface area contributed by atoms with Crippen molar-refractivity contribution in [2.75, 3.05) is 23.7 Å². The predicted molar refractivity (Wildman–Crippen MR) is 112 cm³/mol. The van der Waals surface area contributed by atoms with Crippen LogP contribution >= 0.6 is 11.3 Å². The molecule has 0 atom stereocenters. The molecule has 3 aromatic rings. The van der Waals surface area contributed by atoms with E-state index in [1.807, 2.05) is 61.2 Å². The van der Waals surface area contributed by atoms with Crippen LogP contribution < -0.4 is 34.5 Å². The molecule has 0 bridgehead atoms. The van der Waals surface area contributed by atoms with Crippen LogP contribution in [0.1, 0.15) is 18.9 Å². The van der Waals surface area contributed by atoms with E-state index < -0.39 is 10.1 Å². The number of thiazole rings is 1. The number of hydrogen-bond donors (Lipinski definition) is 0. The molecule has 3 rings (SSSR count). The van der Waals surface area contributed by atoms with Crippen LogP contribution in [0.3, 0.4) is 0 Å². The number of nitrogens with zero attached hydrogens (tertiary/aromatic N) is 4. The molecular weight excluding hydrogens is 419 g/mol. The molecule has 0 amide bonds. The molecule has 0 aliphatic carbocycles. The number of hydrogen-bond acceptors (Lipinski definition) is 8. The molecule has 0 radical (unpaired) electrons. The van der Waals surface area contributed by atoms with Gasteiger partial charge in [-0.05, 0) is 56.2 Å². The van der Waals surface area contributed by atoms with E-state index in [4.69, 9.17) is 0 Å². The molecule has 0 spiro atoms. The Labute approximate surface area is 196 Å². The minimum atomic E-state index is -4.18. The molecule has 29 heavy (non-hydrogen) atoms. The van der Waals surface area contributed by atoms with Crippen LogP contribution in [0.4, 0.5) is 16.5 Å². The van der Waals surface area contributed by atoms with Gasteiger partial charge in [0.05, 0.1) is 26.0 Å². The summed E-state index contributed by atoms with van der Waals surface area (Å²) < 4.78 is 33.4. The molecule has 7 nitrogen and oxygen atoms in total. The molecule has 10 heteroatoms. The Morgan fingerprint density at radius 2 is 1.93 bits per heavy atom. The normalized spacial score (nSPS) is 11.7. The van der Waals surface area contributed by atoms with Crippen LogP contribution in [0.2, 0.25) is 0 Å². The van der Waals surface area contributed by atoms with Gasteiger partial charge < -0.3 is 9.45 Å². The maximum Gasteiger partial charge on any atom is 1.00 e. The number of aryl methyl sites for hydroxylation is 1. The Bertz CT molecular complexity index is 1070. The van der Waals surface area contributed by atoms with Crippen molar-refractivity contribution in [3.63, 3.8) is 0 Å². The number of para-hydroxylation sites is 1. The van der Waals surface area contributed by atoms with Gasteiger partial charge in [0.2, 0.25) is 5.13 Å². The monoisotopic (exact) mass is 440 g/mol. The van der Waals surface area contributed by atoms with E-state index in [2.05, 4.69) is 15.2 Å². The zero-order valence-electron chi connectivity index (χ0n) is 16.7. The van der Waals surface area contributed by atoms with Gasteiger partial charge in [0.25, 0.3) is 0 Å². The van der Waals surface area contributed by atoms with Gasteiger partial charge in [-0.2, -0.15) is 0 Å². The van der Waals surface area contributed by atoms with Crippen LogP contribution in [0.25, 0.3) is 10.2 Å². The average molecular weight is 441 g/mol. The summed E-state index contributed by atoms with van der Waals surface area (Å²) >= 11 is 1.49. The zero-order valence-corrected chi connectivity index (χ0v) is 20.3. The quantitative estimate of drug-likeness (QED) is 0.302. The van der Waals surface area contributed by atoms with Crippen molar-refractivity contribution in [3.8, 4) is 0 Å². The molecular formula is C19H21N4NaO3S2. The molecule has 0 aliphatic heterocycles. The first kappa shape index (κ1) is 23.9. The summed E-state index contributed by atoms with van der Waals surface area (Å²) in [6.07, 6.45) is 0.303. The van der Waals surface area contributed by atoms with Crippen LogP contribution in [0, 0.1) is 6.92 Å². The topological polar surface area (TPSA) is 98.0 Å². The van der Waals surface area contributed by atoms with E-state index in [1.165, 1.54) is 11.3 Å². The maximum atomic E-state index is 10.8. The van der Waals surface area contributed by atoms with Crippen LogP contribution in [-0.2, 0) is 10.1 Å². The first-order valence-electron chi connectivity index (χ1n) is 8.92. The van der Waals surface area contributed by atoms with Gasteiger partial charge in [0.1, 0.15) is 0 Å². The molecule has 1 heterocycles. The summed E-state index contributed by atoms with van der Waals surface area (Å²) in [5.74, 6) is -0.350. The third-order valence-electron chi connectivity index (χ3n) is 4.28. The van der Waals surface area contributed by atoms with E-state index >= 15 is 0 Å². The van der Waals surface area contributed by atoms with Crippen molar-refractivity contribution < 1.29 is 42.5 Å². The Balaban J connectivity index is 0.00000300. The minimum Gasteiger partial charge on any atom is -0.748 e. The first-order valence-corrected chi connectivity index (χ1v) is 11.3. The van der Waals surface area contributed by atoms with Crippen LogP contribution in [-0.4, -0.2) is 36.8 Å². The first-order chi connectivity index (χ1) is 13.4. The Morgan fingerprint density at radius 3 is 2.59 bits per heavy atom. The minimum absolute atomic E-state index is 0. The predicted octanol–water partition coefficient (Wildman–Crippen LogP) is 1.79. The Kier molecular flexibility index (Phi) is 8.74. The zero-order chi connectivity index (χ0) is 20.1. The second-order valence-corrected chi connectivity index (χ2v) is 8.86. The van der Waals surface area contributed by atoms with Crippen LogP contribution in [0.15, 0.2) is 52.7 Å². The third kappa shape index (κ3) is 6.84. The third-order valence-corrected chi connectivity index (χ3v) is 5.98. The van der Waals surface area contributed by atoms with E-state index in [1.54, 1.807) is 0 Å². The summed E-state index contributed by atoms with van der Waals surface area (Å²) in [6.45, 7) is 5.16. The van der Waals surface area contributed by atoms with Crippen molar-refractivity contribution >= 4 is 48.2 Å². The number of azo groups is 1. The van der Waals surface area contributed by atoms with Crippen molar-refractivity contribution in [2.24, 2.45) is 10.2 Å². The average Bonchev–Trinajstić information content (AvgIpc) is 3.06. The second-order valence-electron chi connectivity index (χ2n) is 6.33. The number of aromatic nitrogens is 1. The van der Waals surface area contributed by atoms with Crippen molar-refractivity contribution in [1.29, 1.82) is 0 Å². The molecule has 1 aromatic heterocycles. The number of benzene rings is 2. The van der Waals surface area contributed by atoms with Gasteiger partial charge in [0, 0.05) is 24.5 Å². The molecule has 0 saturated carbocycles. The van der Waals surface area contributed by atoms with E-state index in [0.717, 1.165) is 27.2 Å². The largest absolute Gasteiger partial charge is 1.00 e. The van der Waals surface area contributed by atoms with Gasteiger partial charge >= 0.3 is 29.6 Å². The second kappa shape index (κ2) is 10.6. The summed E-state index contributed by atoms with van der Waals surface area (Å²) in [6, 6.07) is 13.7. The fourth-order valence-corrected chi connectivity index (χ4v) is 4.12. The maximum absolute atomic E-state index is 10.8. The van der Waals surface area contributed by atoms with Gasteiger partial charge in [0.15, 0.2) is 0 Å².